The van der Waals surface area contributed by atoms with Gasteiger partial charge in [0.1, 0.15) is 0 Å². The van der Waals surface area contributed by atoms with Crippen LogP contribution >= 0.6 is 0 Å². The van der Waals surface area contributed by atoms with Crippen molar-refractivity contribution in [1.82, 2.24) is 0 Å². The number of hydrogen-bond donors (Lipinski definition) is 1. The van der Waals surface area contributed by atoms with Crippen LogP contribution in [0.3, 0.4) is 0 Å². The first-order valence-corrected chi connectivity index (χ1v) is 11.1. The summed E-state index contributed by atoms with van der Waals surface area (Å²) in [4.78, 5) is 13.7. The minimum Gasteiger partial charge on any atom is -0.449 e. The summed E-state index contributed by atoms with van der Waals surface area (Å²) < 4.78 is 126. The normalized spacial score (nSPS) is 19.4. The zero-order valence-corrected chi connectivity index (χ0v) is 19.4. The molecule has 0 bridgehead atoms. The van der Waals surface area contributed by atoms with E-state index in [1.165, 1.54) is 6.92 Å². The van der Waals surface area contributed by atoms with E-state index in [0.717, 1.165) is 11.0 Å². The maximum absolute atomic E-state index is 13.5. The Labute approximate surface area is 205 Å². The Morgan fingerprint density at radius 3 is 1.92 bits per heavy atom. The topological polar surface area (TPSA) is 49.8 Å². The molecule has 0 aliphatic carbocycles. The van der Waals surface area contributed by atoms with E-state index in [4.69, 9.17) is 4.74 Å². The summed E-state index contributed by atoms with van der Waals surface area (Å²) in [5.74, 6) is -1.36. The molecule has 1 aliphatic heterocycles. The van der Waals surface area contributed by atoms with Gasteiger partial charge in [-0.2, -0.15) is 39.5 Å². The van der Waals surface area contributed by atoms with E-state index in [1.807, 2.05) is 0 Å². The quantitative estimate of drug-likeness (QED) is 0.402. The van der Waals surface area contributed by atoms with Gasteiger partial charge in [-0.25, -0.2) is 4.79 Å². The van der Waals surface area contributed by atoms with Crippen LogP contribution in [0, 0.1) is 0 Å². The van der Waals surface area contributed by atoms with Crippen LogP contribution in [-0.4, -0.2) is 23.8 Å². The van der Waals surface area contributed by atoms with E-state index < -0.39 is 64.9 Å². The molecule has 204 valence electrons. The molecule has 0 saturated heterocycles. The maximum Gasteiger partial charge on any atom is 0.416 e. The molecule has 0 radical (unpaired) electrons. The lowest BCUT2D eigenvalue weighted by Gasteiger charge is -2.41. The first kappa shape index (κ1) is 28.6. The fraction of sp³-hybridized carbons (Fsp3) is 0.458. The van der Waals surface area contributed by atoms with E-state index in [-0.39, 0.29) is 36.8 Å². The third kappa shape index (κ3) is 5.97. The number of carbonyl (C=O) groups excluding carboxylic acids is 1. The summed E-state index contributed by atoms with van der Waals surface area (Å²) in [6.45, 7) is 3.08. The largest absolute Gasteiger partial charge is 0.449 e. The molecule has 4 nitrogen and oxygen atoms in total. The van der Waals surface area contributed by atoms with E-state index in [1.54, 1.807) is 6.92 Å². The average molecular weight is 543 g/mol. The molecule has 13 heteroatoms. The number of amides is 1. The number of carbonyl (C=O) groups is 1. The lowest BCUT2D eigenvalue weighted by molar-refractivity contribution is -0.143. The molecular weight excluding hydrogens is 521 g/mol. The number of anilines is 1. The number of halogens is 9. The fourth-order valence-corrected chi connectivity index (χ4v) is 4.44. The Bertz CT molecular complexity index is 1110. The molecule has 1 aliphatic rings. The number of benzene rings is 2. The summed E-state index contributed by atoms with van der Waals surface area (Å²) >= 11 is 0. The minimum absolute atomic E-state index is 0.0573. The van der Waals surface area contributed by atoms with Crippen LogP contribution < -0.4 is 4.90 Å². The predicted octanol–water partition coefficient (Wildman–Crippen LogP) is 7.71. The summed E-state index contributed by atoms with van der Waals surface area (Å²) in [6, 6.07) is 2.11. The summed E-state index contributed by atoms with van der Waals surface area (Å²) in [6.07, 6.45) is -18.2. The molecule has 1 heterocycles. The van der Waals surface area contributed by atoms with Gasteiger partial charge < -0.3 is 9.84 Å². The molecule has 0 aromatic heterocycles. The monoisotopic (exact) mass is 543 g/mol. The number of aliphatic hydroxyl groups is 1. The van der Waals surface area contributed by atoms with Crippen LogP contribution in [0.4, 0.5) is 50.0 Å². The number of nitrogens with zero attached hydrogens (tertiary/aromatic N) is 1. The highest BCUT2D eigenvalue weighted by atomic mass is 19.4. The van der Waals surface area contributed by atoms with Gasteiger partial charge in [0.2, 0.25) is 0 Å². The van der Waals surface area contributed by atoms with Crippen LogP contribution in [0.15, 0.2) is 36.4 Å². The van der Waals surface area contributed by atoms with Gasteiger partial charge in [0, 0.05) is 12.0 Å². The second kappa shape index (κ2) is 10.1. The van der Waals surface area contributed by atoms with Crippen molar-refractivity contribution in [3.8, 4) is 0 Å². The van der Waals surface area contributed by atoms with Gasteiger partial charge >= 0.3 is 24.6 Å². The number of alkyl halides is 9. The SMILES string of the molecule is CCOC(=O)N1c2ccc(C(F)(F)F)cc2[C@@H]([C@H](O)c2cc(C(F)(F)F)cc(C(F)(F)F)c2)C[C@H]1CC. The van der Waals surface area contributed by atoms with E-state index >= 15 is 0 Å². The highest BCUT2D eigenvalue weighted by molar-refractivity contribution is 5.90. The zero-order valence-electron chi connectivity index (χ0n) is 19.4. The van der Waals surface area contributed by atoms with Crippen molar-refractivity contribution in [2.24, 2.45) is 0 Å². The fourth-order valence-electron chi connectivity index (χ4n) is 4.44. The molecule has 2 aromatic rings. The van der Waals surface area contributed by atoms with Crippen LogP contribution in [0.5, 0.6) is 0 Å². The van der Waals surface area contributed by atoms with Gasteiger partial charge in [0.05, 0.1) is 35.1 Å². The Kier molecular flexibility index (Phi) is 7.79. The van der Waals surface area contributed by atoms with E-state index in [9.17, 15) is 49.4 Å². The van der Waals surface area contributed by atoms with Gasteiger partial charge in [0.15, 0.2) is 0 Å². The van der Waals surface area contributed by atoms with Crippen molar-refractivity contribution in [2.45, 2.75) is 63.3 Å². The predicted molar refractivity (Wildman–Crippen MR) is 114 cm³/mol. The Morgan fingerprint density at radius 1 is 0.919 bits per heavy atom. The highest BCUT2D eigenvalue weighted by Crippen LogP contribution is 2.48. The first-order chi connectivity index (χ1) is 17.0. The molecule has 2 aromatic carbocycles. The van der Waals surface area contributed by atoms with E-state index in [2.05, 4.69) is 0 Å². The zero-order chi connectivity index (χ0) is 27.9. The van der Waals surface area contributed by atoms with Crippen molar-refractivity contribution >= 4 is 11.8 Å². The van der Waals surface area contributed by atoms with Crippen LogP contribution in [0.1, 0.15) is 66.5 Å². The smallest absolute Gasteiger partial charge is 0.416 e. The van der Waals surface area contributed by atoms with E-state index in [0.29, 0.717) is 24.3 Å². The molecule has 0 saturated carbocycles. The third-order valence-electron chi connectivity index (χ3n) is 6.17. The molecule has 0 fully saturated rings. The minimum atomic E-state index is -5.18. The van der Waals surface area contributed by atoms with Gasteiger partial charge in [-0.1, -0.05) is 6.92 Å². The maximum atomic E-state index is 13.5. The third-order valence-corrected chi connectivity index (χ3v) is 6.17. The number of rotatable bonds is 4. The van der Waals surface area contributed by atoms with Crippen molar-refractivity contribution in [1.29, 1.82) is 0 Å². The lowest BCUT2D eigenvalue weighted by Crippen LogP contribution is -2.45. The second-order valence-corrected chi connectivity index (χ2v) is 8.53. The summed E-state index contributed by atoms with van der Waals surface area (Å²) in [5, 5.41) is 11.1. The summed E-state index contributed by atoms with van der Waals surface area (Å²) in [5.41, 5.74) is -5.62. The average Bonchev–Trinajstić information content (AvgIpc) is 2.80. The van der Waals surface area contributed by atoms with Gasteiger partial charge in [0.25, 0.3) is 0 Å². The van der Waals surface area contributed by atoms with Crippen molar-refractivity contribution < 1.29 is 54.2 Å². The molecule has 3 rings (SSSR count). The van der Waals surface area contributed by atoms with Crippen LogP contribution in [-0.2, 0) is 23.3 Å². The molecule has 1 N–H and O–H groups in total. The van der Waals surface area contributed by atoms with Crippen molar-refractivity contribution in [3.05, 3.63) is 64.2 Å². The first-order valence-electron chi connectivity index (χ1n) is 11.1. The molecule has 1 amide bonds. The Hall–Kier alpha value is -2.96. The number of fused-ring (bicyclic) bond motifs is 1. The van der Waals surface area contributed by atoms with Crippen LogP contribution in [0.2, 0.25) is 0 Å². The highest BCUT2D eigenvalue weighted by Gasteiger charge is 2.43. The lowest BCUT2D eigenvalue weighted by atomic mass is 9.78. The molecular formula is C24H22F9NO3. The summed E-state index contributed by atoms with van der Waals surface area (Å²) in [7, 11) is 0. The van der Waals surface area contributed by atoms with Crippen LogP contribution in [0.25, 0.3) is 0 Å². The number of aliphatic hydroxyl groups excluding tert-OH is 1. The molecule has 3 atom stereocenters. The Balaban J connectivity index is 2.22. The van der Waals surface area contributed by atoms with Gasteiger partial charge in [-0.3, -0.25) is 4.90 Å². The molecule has 0 unspecified atom stereocenters. The molecule has 0 spiro atoms. The number of hydrogen-bond acceptors (Lipinski definition) is 3. The van der Waals surface area contributed by atoms with Crippen molar-refractivity contribution in [2.75, 3.05) is 11.5 Å². The second-order valence-electron chi connectivity index (χ2n) is 8.53. The Morgan fingerprint density at radius 2 is 1.46 bits per heavy atom. The van der Waals surface area contributed by atoms with Crippen molar-refractivity contribution in [3.63, 3.8) is 0 Å². The standard InChI is InChI=1S/C24H22F9NO3/c1-3-16-11-18(20(35)12-7-14(23(28,29)30)9-15(8-12)24(31,32)33)17-10-13(22(25,26)27)5-6-19(17)34(16)21(36)37-4-2/h5-10,16,18,20,35H,3-4,11H2,1-2H3/t16-,18+,20-/m1/s1. The number of ether oxygens (including phenoxy) is 1. The van der Waals surface area contributed by atoms with Gasteiger partial charge in [-0.05, 0) is 67.3 Å². The van der Waals surface area contributed by atoms with Gasteiger partial charge in [-0.15, -0.1) is 0 Å². The molecule has 37 heavy (non-hydrogen) atoms.